The average Bonchev–Trinajstić information content (AvgIpc) is 2.70. The minimum absolute atomic E-state index is 0.0321. The Balaban J connectivity index is 1.52. The molecule has 28 heavy (non-hydrogen) atoms. The molecule has 0 aromatic heterocycles. The number of nitrogens with zero attached hydrogens (tertiary/aromatic N) is 2. The number of hydrogen-bond donors (Lipinski definition) is 1. The van der Waals surface area contributed by atoms with E-state index >= 15 is 0 Å². The predicted octanol–water partition coefficient (Wildman–Crippen LogP) is 3.24. The lowest BCUT2D eigenvalue weighted by Crippen LogP contribution is -2.46. The number of piperazine rings is 1. The van der Waals surface area contributed by atoms with Crippen LogP contribution in [0.5, 0.6) is 5.75 Å². The molecular weight excluding hydrogens is 370 g/mol. The molecule has 0 spiro atoms. The molecule has 1 aliphatic heterocycles. The van der Waals surface area contributed by atoms with Gasteiger partial charge in [0, 0.05) is 37.4 Å². The van der Waals surface area contributed by atoms with Gasteiger partial charge in [-0.25, -0.2) is 0 Å². The lowest BCUT2D eigenvalue weighted by Gasteiger charge is -2.34. The number of carbonyl (C=O) groups is 1. The minimum Gasteiger partial charge on any atom is -0.484 e. The first-order chi connectivity index (χ1) is 13.4. The fourth-order valence-corrected chi connectivity index (χ4v) is 3.41. The van der Waals surface area contributed by atoms with E-state index in [1.807, 2.05) is 56.3 Å². The minimum atomic E-state index is -0.175. The Morgan fingerprint density at radius 1 is 1.07 bits per heavy atom. The molecule has 0 bridgehead atoms. The lowest BCUT2D eigenvalue weighted by atomic mass is 10.1. The molecule has 0 aliphatic carbocycles. The maximum absolute atomic E-state index is 12.2. The molecule has 148 valence electrons. The van der Waals surface area contributed by atoms with Gasteiger partial charge in [0.15, 0.2) is 6.61 Å². The van der Waals surface area contributed by atoms with Crippen LogP contribution in [0.15, 0.2) is 42.5 Å². The van der Waals surface area contributed by atoms with Crippen molar-refractivity contribution in [3.05, 3.63) is 59.2 Å². The van der Waals surface area contributed by atoms with E-state index in [4.69, 9.17) is 17.0 Å². The van der Waals surface area contributed by atoms with Gasteiger partial charge >= 0.3 is 0 Å². The zero-order valence-electron chi connectivity index (χ0n) is 16.7. The number of rotatable bonds is 5. The molecule has 0 unspecified atom stereocenters. The number of aryl methyl sites for hydroxylation is 2. The van der Waals surface area contributed by atoms with Gasteiger partial charge in [-0.05, 0) is 62.4 Å². The summed E-state index contributed by atoms with van der Waals surface area (Å²) in [5, 5.41) is 2.90. The molecule has 0 atom stereocenters. The third-order valence-electron chi connectivity index (χ3n) is 4.93. The van der Waals surface area contributed by atoms with E-state index in [9.17, 15) is 4.79 Å². The van der Waals surface area contributed by atoms with Crippen molar-refractivity contribution in [3.8, 4) is 5.75 Å². The molecular formula is C22H27N3O2S. The van der Waals surface area contributed by atoms with Gasteiger partial charge in [-0.3, -0.25) is 4.79 Å². The van der Waals surface area contributed by atoms with E-state index in [0.29, 0.717) is 5.75 Å². The zero-order chi connectivity index (χ0) is 20.1. The fourth-order valence-electron chi connectivity index (χ4n) is 3.09. The summed E-state index contributed by atoms with van der Waals surface area (Å²) in [6.07, 6.45) is 0. The van der Waals surface area contributed by atoms with E-state index in [0.717, 1.165) is 53.5 Å². The molecule has 3 rings (SSSR count). The van der Waals surface area contributed by atoms with Crippen molar-refractivity contribution in [2.75, 3.05) is 45.2 Å². The number of anilines is 1. The average molecular weight is 398 g/mol. The van der Waals surface area contributed by atoms with Crippen LogP contribution in [0.4, 0.5) is 5.69 Å². The van der Waals surface area contributed by atoms with Gasteiger partial charge in [-0.1, -0.05) is 24.4 Å². The van der Waals surface area contributed by atoms with Gasteiger partial charge in [-0.15, -0.1) is 0 Å². The van der Waals surface area contributed by atoms with Crippen molar-refractivity contribution in [1.29, 1.82) is 0 Å². The number of hydrogen-bond acceptors (Lipinski definition) is 4. The molecule has 1 saturated heterocycles. The fraction of sp³-hybridized carbons (Fsp3) is 0.364. The first kappa shape index (κ1) is 20.3. The Labute approximate surface area is 172 Å². The van der Waals surface area contributed by atoms with Crippen molar-refractivity contribution in [3.63, 3.8) is 0 Å². The predicted molar refractivity (Wildman–Crippen MR) is 117 cm³/mol. The molecule has 2 aromatic rings. The zero-order valence-corrected chi connectivity index (χ0v) is 17.5. The van der Waals surface area contributed by atoms with E-state index in [-0.39, 0.29) is 12.5 Å². The highest BCUT2D eigenvalue weighted by molar-refractivity contribution is 7.80. The summed E-state index contributed by atoms with van der Waals surface area (Å²) in [5.41, 5.74) is 3.96. The van der Waals surface area contributed by atoms with Crippen LogP contribution >= 0.6 is 12.2 Å². The molecule has 1 N–H and O–H groups in total. The molecule has 0 radical (unpaired) electrons. The first-order valence-electron chi connectivity index (χ1n) is 9.50. The van der Waals surface area contributed by atoms with Gasteiger partial charge < -0.3 is 19.9 Å². The normalized spacial score (nSPS) is 14.6. The molecule has 6 heteroatoms. The summed E-state index contributed by atoms with van der Waals surface area (Å²) in [7, 11) is 2.13. The monoisotopic (exact) mass is 397 g/mol. The summed E-state index contributed by atoms with van der Waals surface area (Å²) in [6.45, 7) is 7.89. The van der Waals surface area contributed by atoms with Gasteiger partial charge in [0.05, 0.1) is 0 Å². The van der Waals surface area contributed by atoms with Crippen molar-refractivity contribution in [2.24, 2.45) is 0 Å². The Morgan fingerprint density at radius 2 is 1.75 bits per heavy atom. The van der Waals surface area contributed by atoms with Crippen LogP contribution in [-0.4, -0.2) is 60.5 Å². The molecule has 1 heterocycles. The number of ether oxygens (including phenoxy) is 1. The number of likely N-dealkylation sites (N-methyl/N-ethyl adjacent to an activating group) is 1. The smallest absolute Gasteiger partial charge is 0.262 e. The highest BCUT2D eigenvalue weighted by atomic mass is 32.1. The third kappa shape index (κ3) is 5.30. The lowest BCUT2D eigenvalue weighted by molar-refractivity contribution is -0.118. The van der Waals surface area contributed by atoms with Gasteiger partial charge in [0.2, 0.25) is 0 Å². The third-order valence-corrected chi connectivity index (χ3v) is 5.42. The first-order valence-corrected chi connectivity index (χ1v) is 9.91. The van der Waals surface area contributed by atoms with E-state index in [1.54, 1.807) is 0 Å². The highest BCUT2D eigenvalue weighted by Gasteiger charge is 2.17. The Morgan fingerprint density at radius 3 is 2.43 bits per heavy atom. The van der Waals surface area contributed by atoms with Crippen LogP contribution in [0.1, 0.15) is 16.7 Å². The highest BCUT2D eigenvalue weighted by Crippen LogP contribution is 2.18. The van der Waals surface area contributed by atoms with Crippen molar-refractivity contribution in [2.45, 2.75) is 13.8 Å². The van der Waals surface area contributed by atoms with Crippen molar-refractivity contribution >= 4 is 28.8 Å². The van der Waals surface area contributed by atoms with Crippen LogP contribution in [0.3, 0.4) is 0 Å². The molecule has 2 aromatic carbocycles. The molecule has 1 amide bonds. The number of nitrogens with one attached hydrogen (secondary N) is 1. The molecule has 0 saturated carbocycles. The summed E-state index contributed by atoms with van der Waals surface area (Å²) >= 11 is 5.63. The molecule has 1 fully saturated rings. The summed E-state index contributed by atoms with van der Waals surface area (Å²) < 4.78 is 5.63. The maximum Gasteiger partial charge on any atom is 0.262 e. The quantitative estimate of drug-likeness (QED) is 0.785. The number of carbonyl (C=O) groups excluding carboxylic acids is 1. The summed E-state index contributed by atoms with van der Waals surface area (Å²) in [5.74, 6) is 0.478. The van der Waals surface area contributed by atoms with E-state index in [1.165, 1.54) is 0 Å². The van der Waals surface area contributed by atoms with Crippen LogP contribution in [-0.2, 0) is 4.79 Å². The number of benzene rings is 2. The second-order valence-electron chi connectivity index (χ2n) is 7.28. The topological polar surface area (TPSA) is 44.8 Å². The van der Waals surface area contributed by atoms with E-state index < -0.39 is 0 Å². The molecule has 5 nitrogen and oxygen atoms in total. The number of amides is 1. The van der Waals surface area contributed by atoms with Gasteiger partial charge in [0.1, 0.15) is 10.7 Å². The maximum atomic E-state index is 12.2. The van der Waals surface area contributed by atoms with Crippen LogP contribution < -0.4 is 10.1 Å². The largest absolute Gasteiger partial charge is 0.484 e. The Bertz CT molecular complexity index is 843. The Hall–Kier alpha value is -2.44. The van der Waals surface area contributed by atoms with Crippen LogP contribution in [0, 0.1) is 13.8 Å². The number of thiocarbonyl (C=S) groups is 1. The van der Waals surface area contributed by atoms with Crippen LogP contribution in [0.2, 0.25) is 0 Å². The summed E-state index contributed by atoms with van der Waals surface area (Å²) in [6, 6.07) is 13.6. The van der Waals surface area contributed by atoms with Gasteiger partial charge in [0.25, 0.3) is 5.91 Å². The van der Waals surface area contributed by atoms with E-state index in [2.05, 4.69) is 22.2 Å². The van der Waals surface area contributed by atoms with Gasteiger partial charge in [-0.2, -0.15) is 0 Å². The molecule has 1 aliphatic rings. The van der Waals surface area contributed by atoms with Crippen molar-refractivity contribution < 1.29 is 9.53 Å². The second kappa shape index (κ2) is 9.17. The SMILES string of the molecule is Cc1ccc(C)c(NC(=O)COc2ccc(C(=S)N3CCN(C)CC3)cc2)c1. The van der Waals surface area contributed by atoms with Crippen LogP contribution in [0.25, 0.3) is 0 Å². The Kier molecular flexibility index (Phi) is 6.65. The van der Waals surface area contributed by atoms with Crippen molar-refractivity contribution in [1.82, 2.24) is 9.80 Å². The standard InChI is InChI=1S/C22H27N3O2S/c1-16-4-5-17(2)20(14-16)23-21(26)15-27-19-8-6-18(7-9-19)22(28)25-12-10-24(3)11-13-25/h4-9,14H,10-13,15H2,1-3H3,(H,23,26). The summed E-state index contributed by atoms with van der Waals surface area (Å²) in [4.78, 5) is 17.6. The second-order valence-corrected chi connectivity index (χ2v) is 7.66.